The summed E-state index contributed by atoms with van der Waals surface area (Å²) in [6.45, 7) is 7.03. The second-order valence-corrected chi connectivity index (χ2v) is 4.91. The molecular weight excluding hydrogens is 256 g/mol. The highest BCUT2D eigenvalue weighted by Gasteiger charge is 2.22. The van der Waals surface area contributed by atoms with Crippen LogP contribution in [0.2, 0.25) is 0 Å². The molecule has 6 heteroatoms. The molecule has 0 spiro atoms. The van der Waals surface area contributed by atoms with Crippen LogP contribution in [0.5, 0.6) is 0 Å². The van der Waals surface area contributed by atoms with Crippen LogP contribution >= 0.6 is 0 Å². The number of amides is 1. The Morgan fingerprint density at radius 1 is 1.40 bits per heavy atom. The number of nitrogens with two attached hydrogens (primary N) is 1. The third-order valence-electron chi connectivity index (χ3n) is 3.43. The molecule has 1 fully saturated rings. The fourth-order valence-corrected chi connectivity index (χ4v) is 2.19. The summed E-state index contributed by atoms with van der Waals surface area (Å²) in [5, 5.41) is 0. The second-order valence-electron chi connectivity index (χ2n) is 4.91. The summed E-state index contributed by atoms with van der Waals surface area (Å²) in [6, 6.07) is 3.99. The first-order valence-electron chi connectivity index (χ1n) is 7.00. The lowest BCUT2D eigenvalue weighted by Crippen LogP contribution is -2.49. The van der Waals surface area contributed by atoms with Gasteiger partial charge in [0, 0.05) is 38.4 Å². The molecule has 20 heavy (non-hydrogen) atoms. The Labute approximate surface area is 119 Å². The van der Waals surface area contributed by atoms with Crippen molar-refractivity contribution in [3.63, 3.8) is 0 Å². The molecule has 1 amide bonds. The predicted molar refractivity (Wildman–Crippen MR) is 77.6 cm³/mol. The number of carbonyl (C=O) groups is 1. The Morgan fingerprint density at radius 2 is 2.10 bits per heavy atom. The van der Waals surface area contributed by atoms with Gasteiger partial charge in [-0.05, 0) is 25.5 Å². The summed E-state index contributed by atoms with van der Waals surface area (Å²) in [4.78, 5) is 20.0. The summed E-state index contributed by atoms with van der Waals surface area (Å²) >= 11 is 0. The van der Waals surface area contributed by atoms with Crippen LogP contribution in [-0.2, 0) is 4.74 Å². The van der Waals surface area contributed by atoms with E-state index in [4.69, 9.17) is 10.5 Å². The average Bonchev–Trinajstić information content (AvgIpc) is 2.48. The Kier molecular flexibility index (Phi) is 4.79. The maximum Gasteiger partial charge on any atom is 0.409 e. The van der Waals surface area contributed by atoms with Gasteiger partial charge in [-0.1, -0.05) is 6.07 Å². The number of hydrogen-bond donors (Lipinski definition) is 1. The van der Waals surface area contributed by atoms with Crippen LogP contribution in [-0.4, -0.2) is 48.8 Å². The second kappa shape index (κ2) is 6.56. The number of aromatic nitrogens is 1. The SMILES string of the molecule is CCOC(=O)N1CCN(c2ccc(C(C)N)cn2)CC1. The highest BCUT2D eigenvalue weighted by Crippen LogP contribution is 2.16. The van der Waals surface area contributed by atoms with Crippen molar-refractivity contribution in [2.75, 3.05) is 37.7 Å². The first-order chi connectivity index (χ1) is 9.61. The van der Waals surface area contributed by atoms with Gasteiger partial charge >= 0.3 is 6.09 Å². The van der Waals surface area contributed by atoms with Gasteiger partial charge in [-0.2, -0.15) is 0 Å². The number of pyridine rings is 1. The zero-order valence-electron chi connectivity index (χ0n) is 12.1. The molecule has 0 bridgehead atoms. The lowest BCUT2D eigenvalue weighted by atomic mass is 10.1. The minimum atomic E-state index is -0.229. The fraction of sp³-hybridized carbons (Fsp3) is 0.571. The van der Waals surface area contributed by atoms with Crippen molar-refractivity contribution < 1.29 is 9.53 Å². The summed E-state index contributed by atoms with van der Waals surface area (Å²) in [5.41, 5.74) is 6.84. The van der Waals surface area contributed by atoms with Gasteiger partial charge in [0.25, 0.3) is 0 Å². The molecule has 0 radical (unpaired) electrons. The van der Waals surface area contributed by atoms with Crippen molar-refractivity contribution in [1.82, 2.24) is 9.88 Å². The fourth-order valence-electron chi connectivity index (χ4n) is 2.19. The Balaban J connectivity index is 1.91. The van der Waals surface area contributed by atoms with Crippen molar-refractivity contribution >= 4 is 11.9 Å². The van der Waals surface area contributed by atoms with E-state index < -0.39 is 0 Å². The van der Waals surface area contributed by atoms with E-state index in [2.05, 4.69) is 9.88 Å². The van der Waals surface area contributed by atoms with E-state index >= 15 is 0 Å². The van der Waals surface area contributed by atoms with E-state index in [0.29, 0.717) is 19.7 Å². The van der Waals surface area contributed by atoms with Crippen LogP contribution in [0.1, 0.15) is 25.5 Å². The molecule has 1 unspecified atom stereocenters. The van der Waals surface area contributed by atoms with Gasteiger partial charge in [0.2, 0.25) is 0 Å². The first kappa shape index (κ1) is 14.6. The zero-order chi connectivity index (χ0) is 14.5. The summed E-state index contributed by atoms with van der Waals surface area (Å²) < 4.78 is 5.00. The number of hydrogen-bond acceptors (Lipinski definition) is 5. The van der Waals surface area contributed by atoms with Crippen LogP contribution in [0.3, 0.4) is 0 Å². The zero-order valence-corrected chi connectivity index (χ0v) is 12.1. The van der Waals surface area contributed by atoms with Crippen molar-refractivity contribution in [3.8, 4) is 0 Å². The summed E-state index contributed by atoms with van der Waals surface area (Å²) in [6.07, 6.45) is 1.59. The lowest BCUT2D eigenvalue weighted by Gasteiger charge is -2.34. The molecule has 1 aliphatic rings. The maximum absolute atomic E-state index is 11.6. The van der Waals surface area contributed by atoms with E-state index in [1.807, 2.05) is 32.2 Å². The maximum atomic E-state index is 11.6. The lowest BCUT2D eigenvalue weighted by molar-refractivity contribution is 0.105. The van der Waals surface area contributed by atoms with E-state index in [0.717, 1.165) is 24.5 Å². The van der Waals surface area contributed by atoms with Gasteiger partial charge in [0.1, 0.15) is 5.82 Å². The van der Waals surface area contributed by atoms with Gasteiger partial charge in [-0.25, -0.2) is 9.78 Å². The van der Waals surface area contributed by atoms with Crippen LogP contribution in [0.25, 0.3) is 0 Å². The molecule has 1 atom stereocenters. The van der Waals surface area contributed by atoms with Crippen molar-refractivity contribution in [2.24, 2.45) is 5.73 Å². The van der Waals surface area contributed by atoms with Gasteiger partial charge in [-0.3, -0.25) is 0 Å². The van der Waals surface area contributed by atoms with Crippen LogP contribution in [0, 0.1) is 0 Å². The average molecular weight is 278 g/mol. The van der Waals surface area contributed by atoms with E-state index in [-0.39, 0.29) is 12.1 Å². The van der Waals surface area contributed by atoms with Gasteiger partial charge < -0.3 is 20.3 Å². The normalized spacial score (nSPS) is 16.9. The van der Waals surface area contributed by atoms with Crippen molar-refractivity contribution in [1.29, 1.82) is 0 Å². The van der Waals surface area contributed by atoms with Crippen molar-refractivity contribution in [2.45, 2.75) is 19.9 Å². The molecule has 1 aromatic rings. The molecule has 1 aromatic heterocycles. The largest absolute Gasteiger partial charge is 0.450 e. The molecule has 1 aliphatic heterocycles. The summed E-state index contributed by atoms with van der Waals surface area (Å²) in [5.74, 6) is 0.929. The first-order valence-corrected chi connectivity index (χ1v) is 7.00. The van der Waals surface area contributed by atoms with E-state index in [1.54, 1.807) is 4.90 Å². The number of ether oxygens (including phenoxy) is 1. The Morgan fingerprint density at radius 3 is 2.60 bits per heavy atom. The number of anilines is 1. The van der Waals surface area contributed by atoms with Crippen LogP contribution in [0.15, 0.2) is 18.3 Å². The number of nitrogens with zero attached hydrogens (tertiary/aromatic N) is 3. The number of rotatable bonds is 3. The third kappa shape index (κ3) is 3.39. The quantitative estimate of drug-likeness (QED) is 0.904. The van der Waals surface area contributed by atoms with Gasteiger partial charge in [-0.15, -0.1) is 0 Å². The van der Waals surface area contributed by atoms with E-state index in [9.17, 15) is 4.79 Å². The molecule has 110 valence electrons. The monoisotopic (exact) mass is 278 g/mol. The smallest absolute Gasteiger partial charge is 0.409 e. The molecule has 0 saturated carbocycles. The Hall–Kier alpha value is -1.82. The molecule has 6 nitrogen and oxygen atoms in total. The molecule has 2 heterocycles. The third-order valence-corrected chi connectivity index (χ3v) is 3.43. The molecule has 0 aliphatic carbocycles. The molecule has 2 N–H and O–H groups in total. The summed E-state index contributed by atoms with van der Waals surface area (Å²) in [7, 11) is 0. The van der Waals surface area contributed by atoms with Gasteiger partial charge in [0.15, 0.2) is 0 Å². The minimum Gasteiger partial charge on any atom is -0.450 e. The topological polar surface area (TPSA) is 71.7 Å². The minimum absolute atomic E-state index is 0.00258. The molecule has 2 rings (SSSR count). The molecule has 1 saturated heterocycles. The van der Waals surface area contributed by atoms with Crippen LogP contribution < -0.4 is 10.6 Å². The molecular formula is C14H22N4O2. The molecule has 0 aromatic carbocycles. The highest BCUT2D eigenvalue weighted by atomic mass is 16.6. The predicted octanol–water partition coefficient (Wildman–Crippen LogP) is 1.38. The highest BCUT2D eigenvalue weighted by molar-refractivity contribution is 5.68. The Bertz CT molecular complexity index is 439. The number of carbonyl (C=O) groups excluding carboxylic acids is 1. The van der Waals surface area contributed by atoms with Crippen molar-refractivity contribution in [3.05, 3.63) is 23.9 Å². The van der Waals surface area contributed by atoms with E-state index in [1.165, 1.54) is 0 Å². The van der Waals surface area contributed by atoms with Gasteiger partial charge in [0.05, 0.1) is 6.61 Å². The standard InChI is InChI=1S/C14H22N4O2/c1-3-20-14(19)18-8-6-17(7-9-18)13-5-4-12(10-16-13)11(2)15/h4-5,10-11H,3,6-9,15H2,1-2H3. The number of piperazine rings is 1. The van der Waals surface area contributed by atoms with Crippen LogP contribution in [0.4, 0.5) is 10.6 Å².